The summed E-state index contributed by atoms with van der Waals surface area (Å²) in [5.74, 6) is 1.75. The highest BCUT2D eigenvalue weighted by molar-refractivity contribution is 8.29. The number of hydrogen-bond donors (Lipinski definition) is 1. The van der Waals surface area contributed by atoms with Gasteiger partial charge in [0.2, 0.25) is 0 Å². The van der Waals surface area contributed by atoms with Gasteiger partial charge in [0, 0.05) is 10.6 Å². The van der Waals surface area contributed by atoms with Gasteiger partial charge in [-0.3, -0.25) is 0 Å². The largest absolute Gasteiger partial charge is 0.496 e. The van der Waals surface area contributed by atoms with Crippen LogP contribution in [0.2, 0.25) is 18.1 Å². The molecule has 0 radical (unpaired) electrons. The Balaban J connectivity index is 3.09. The van der Waals surface area contributed by atoms with Gasteiger partial charge in [-0.1, -0.05) is 39.9 Å². The van der Waals surface area contributed by atoms with Crippen LogP contribution >= 0.6 is 23.8 Å². The van der Waals surface area contributed by atoms with Crippen LogP contribution in [0.15, 0.2) is 23.1 Å². The molecule has 1 nitrogen and oxygen atoms in total. The average molecular weight is 301 g/mol. The number of ether oxygens (including phenoxy) is 1. The van der Waals surface area contributed by atoms with Gasteiger partial charge in [-0.15, -0.1) is 11.2 Å². The lowest BCUT2D eigenvalue weighted by Gasteiger charge is -2.36. The van der Waals surface area contributed by atoms with Crippen LogP contribution in [0.25, 0.3) is 0 Å². The molecule has 0 bridgehead atoms. The van der Waals surface area contributed by atoms with Crippen LogP contribution in [0.3, 0.4) is 0 Å². The van der Waals surface area contributed by atoms with E-state index in [2.05, 4.69) is 64.7 Å². The van der Waals surface area contributed by atoms with Gasteiger partial charge in [-0.2, -0.15) is 12.6 Å². The van der Waals surface area contributed by atoms with E-state index in [0.717, 1.165) is 11.5 Å². The number of methoxy groups -OCH3 is 1. The molecule has 0 saturated carbocycles. The zero-order valence-electron chi connectivity index (χ0n) is 12.2. The van der Waals surface area contributed by atoms with E-state index in [9.17, 15) is 0 Å². The summed E-state index contributed by atoms with van der Waals surface area (Å²) in [6.07, 6.45) is 0. The van der Waals surface area contributed by atoms with Gasteiger partial charge >= 0.3 is 0 Å². The maximum atomic E-state index is 5.48. The minimum atomic E-state index is -1.42. The van der Waals surface area contributed by atoms with Crippen molar-refractivity contribution in [2.24, 2.45) is 0 Å². The second kappa shape index (κ2) is 5.93. The molecule has 1 aromatic carbocycles. The van der Waals surface area contributed by atoms with Gasteiger partial charge in [-0.25, -0.2) is 0 Å². The molecule has 0 spiro atoms. The summed E-state index contributed by atoms with van der Waals surface area (Å²) in [5, 5.41) is 0.361. The molecule has 0 heterocycles. The third kappa shape index (κ3) is 3.72. The Morgan fingerprint density at radius 1 is 1.28 bits per heavy atom. The van der Waals surface area contributed by atoms with Crippen LogP contribution < -0.4 is 4.74 Å². The van der Waals surface area contributed by atoms with E-state index in [4.69, 9.17) is 4.74 Å². The average Bonchev–Trinajstić information content (AvgIpc) is 2.26. The molecule has 102 valence electrons. The summed E-state index contributed by atoms with van der Waals surface area (Å²) in [7, 11) is 0.324. The molecule has 0 saturated heterocycles. The molecule has 0 atom stereocenters. The molecule has 0 aliphatic rings. The Labute approximate surface area is 122 Å². The first kappa shape index (κ1) is 16.0. The van der Waals surface area contributed by atoms with E-state index in [1.165, 1.54) is 10.5 Å². The van der Waals surface area contributed by atoms with Crippen molar-refractivity contribution in [3.8, 4) is 5.75 Å². The van der Waals surface area contributed by atoms with E-state index in [1.807, 2.05) is 11.2 Å². The maximum absolute atomic E-state index is 5.48. The molecule has 0 aliphatic heterocycles. The van der Waals surface area contributed by atoms with Crippen molar-refractivity contribution >= 4 is 31.1 Å². The Morgan fingerprint density at radius 3 is 2.33 bits per heavy atom. The van der Waals surface area contributed by atoms with E-state index in [-0.39, 0.29) is 0 Å². The molecule has 1 rings (SSSR count). The lowest BCUT2D eigenvalue weighted by molar-refractivity contribution is 0.405. The SMILES string of the molecule is COc1ccc(CS)cc1S[Si](C)(C)C(C)(C)C. The van der Waals surface area contributed by atoms with E-state index >= 15 is 0 Å². The molecule has 4 heteroatoms. The highest BCUT2D eigenvalue weighted by atomic mass is 32.4. The van der Waals surface area contributed by atoms with Crippen molar-refractivity contribution in [3.05, 3.63) is 23.8 Å². The highest BCUT2D eigenvalue weighted by Crippen LogP contribution is 2.48. The lowest BCUT2D eigenvalue weighted by atomic mass is 10.2. The van der Waals surface area contributed by atoms with Gasteiger partial charge in [-0.05, 0) is 22.7 Å². The molecule has 1 aromatic rings. The van der Waals surface area contributed by atoms with Gasteiger partial charge in [0.05, 0.1) is 7.11 Å². The number of thiol groups is 1. The van der Waals surface area contributed by atoms with Crippen LogP contribution in [0, 0.1) is 0 Å². The van der Waals surface area contributed by atoms with Gasteiger partial charge in [0.1, 0.15) is 13.0 Å². The van der Waals surface area contributed by atoms with E-state index < -0.39 is 7.22 Å². The van der Waals surface area contributed by atoms with E-state index in [0.29, 0.717) is 5.04 Å². The van der Waals surface area contributed by atoms with Crippen molar-refractivity contribution in [3.63, 3.8) is 0 Å². The van der Waals surface area contributed by atoms with Crippen LogP contribution in [0.4, 0.5) is 0 Å². The molecular weight excluding hydrogens is 276 g/mol. The number of benzene rings is 1. The van der Waals surface area contributed by atoms with Gasteiger partial charge < -0.3 is 4.74 Å². The summed E-state index contributed by atoms with van der Waals surface area (Å²) >= 11 is 6.36. The first-order valence-corrected chi connectivity index (χ1v) is 11.4. The molecule has 0 aromatic heterocycles. The smallest absolute Gasteiger partial charge is 0.131 e. The summed E-state index contributed by atoms with van der Waals surface area (Å²) < 4.78 is 5.48. The Morgan fingerprint density at radius 2 is 1.89 bits per heavy atom. The first-order chi connectivity index (χ1) is 8.21. The molecule has 0 N–H and O–H groups in total. The molecule has 0 fully saturated rings. The van der Waals surface area contributed by atoms with E-state index in [1.54, 1.807) is 7.11 Å². The van der Waals surface area contributed by atoms with Crippen LogP contribution in [-0.4, -0.2) is 14.3 Å². The summed E-state index contributed by atoms with van der Waals surface area (Å²) in [6, 6.07) is 6.36. The minimum Gasteiger partial charge on any atom is -0.496 e. The van der Waals surface area contributed by atoms with Crippen molar-refractivity contribution in [2.75, 3.05) is 7.11 Å². The first-order valence-electron chi connectivity index (χ1n) is 6.18. The Kier molecular flexibility index (Phi) is 5.27. The second-order valence-electron chi connectivity index (χ2n) is 6.01. The van der Waals surface area contributed by atoms with Crippen molar-refractivity contribution in [1.29, 1.82) is 0 Å². The van der Waals surface area contributed by atoms with Crippen LogP contribution in [0.1, 0.15) is 26.3 Å². The quantitative estimate of drug-likeness (QED) is 0.603. The molecule has 0 amide bonds. The van der Waals surface area contributed by atoms with Crippen molar-refractivity contribution in [2.45, 2.75) is 49.6 Å². The second-order valence-corrected chi connectivity index (χ2v) is 15.2. The van der Waals surface area contributed by atoms with Gasteiger partial charge in [0.15, 0.2) is 0 Å². The number of hydrogen-bond acceptors (Lipinski definition) is 3. The fourth-order valence-corrected chi connectivity index (χ4v) is 5.89. The molecule has 18 heavy (non-hydrogen) atoms. The topological polar surface area (TPSA) is 9.23 Å². The molecular formula is C14H24OS2Si. The van der Waals surface area contributed by atoms with Gasteiger partial charge in [0.25, 0.3) is 0 Å². The monoisotopic (exact) mass is 300 g/mol. The fraction of sp³-hybridized carbons (Fsp3) is 0.571. The van der Waals surface area contributed by atoms with Crippen molar-refractivity contribution in [1.82, 2.24) is 0 Å². The molecule has 0 aliphatic carbocycles. The Hall–Kier alpha value is -0.0631. The standard InChI is InChI=1S/C14H24OS2Si/c1-14(2,3)18(5,6)17-13-9-11(10-16)7-8-12(13)15-4/h7-9,16H,10H2,1-6H3. The zero-order valence-corrected chi connectivity index (χ0v) is 14.9. The predicted molar refractivity (Wildman–Crippen MR) is 88.7 cm³/mol. The minimum absolute atomic E-state index is 0.361. The summed E-state index contributed by atoms with van der Waals surface area (Å²) in [6.45, 7) is 11.8. The zero-order chi connectivity index (χ0) is 14.0. The lowest BCUT2D eigenvalue weighted by Crippen LogP contribution is -2.33. The normalized spacial score (nSPS) is 12.6. The van der Waals surface area contributed by atoms with Crippen molar-refractivity contribution < 1.29 is 4.74 Å². The summed E-state index contributed by atoms with van der Waals surface area (Å²) in [5.41, 5.74) is 1.25. The van der Waals surface area contributed by atoms with Crippen LogP contribution in [-0.2, 0) is 5.75 Å². The number of rotatable bonds is 4. The highest BCUT2D eigenvalue weighted by Gasteiger charge is 2.37. The maximum Gasteiger partial charge on any atom is 0.131 e. The Bertz CT molecular complexity index is 411. The third-order valence-corrected chi connectivity index (χ3v) is 12.6. The predicted octanol–water partition coefficient (Wildman–Crippen LogP) is 5.22. The summed E-state index contributed by atoms with van der Waals surface area (Å²) in [4.78, 5) is 1.26. The molecule has 0 unspecified atom stereocenters. The van der Waals surface area contributed by atoms with Crippen LogP contribution in [0.5, 0.6) is 5.75 Å². The third-order valence-electron chi connectivity index (χ3n) is 3.58. The fourth-order valence-electron chi connectivity index (χ4n) is 1.33.